The van der Waals surface area contributed by atoms with Gasteiger partial charge in [0.25, 0.3) is 11.2 Å². The van der Waals surface area contributed by atoms with Crippen LogP contribution in [0.4, 0.5) is 14.5 Å². The third-order valence-electron chi connectivity index (χ3n) is 4.02. The number of aromatic amines is 2. The first kappa shape index (κ1) is 28.6. The third kappa shape index (κ3) is 7.88. The van der Waals surface area contributed by atoms with Gasteiger partial charge in [-0.25, -0.2) is 23.2 Å². The first-order valence-corrected chi connectivity index (χ1v) is 9.74. The molecule has 11 nitrogen and oxygen atoms in total. The van der Waals surface area contributed by atoms with Crippen molar-refractivity contribution in [1.29, 1.82) is 5.26 Å². The predicted octanol–water partition coefficient (Wildman–Crippen LogP) is 3.27. The smallest absolute Gasteiger partial charge is 0.419 e. The minimum atomic E-state index is -0.886. The van der Waals surface area contributed by atoms with Crippen LogP contribution in [0.2, 0.25) is 0 Å². The van der Waals surface area contributed by atoms with Crippen LogP contribution in [0.1, 0.15) is 19.8 Å². The molecule has 0 radical (unpaired) electrons. The highest BCUT2D eigenvalue weighted by Crippen LogP contribution is 2.30. The number of unbranched alkanes of at least 4 members (excludes halogenated alkanes) is 1. The van der Waals surface area contributed by atoms with E-state index in [2.05, 4.69) is 19.2 Å². The molecule has 0 atom stereocenters. The Labute approximate surface area is 199 Å². The summed E-state index contributed by atoms with van der Waals surface area (Å²) < 4.78 is 29.7. The molecule has 0 saturated heterocycles. The summed E-state index contributed by atoms with van der Waals surface area (Å²) in [6.45, 7) is 8.70. The molecule has 0 bridgehead atoms. The Hall–Kier alpha value is -5.39. The number of nitrogens with zero attached hydrogens (tertiary/aromatic N) is 2. The fourth-order valence-corrected chi connectivity index (χ4v) is 2.53. The number of nitrogens with one attached hydrogen (secondary N) is 2. The quantitative estimate of drug-likeness (QED) is 0.335. The van der Waals surface area contributed by atoms with Crippen molar-refractivity contribution >= 4 is 33.6 Å². The molecule has 4 aromatic rings. The average molecular weight is 498 g/mol. The van der Waals surface area contributed by atoms with Crippen LogP contribution < -0.4 is 16.9 Å². The summed E-state index contributed by atoms with van der Waals surface area (Å²) in [6.07, 6.45) is 1.93. The molecule has 0 aliphatic rings. The number of benzene rings is 2. The van der Waals surface area contributed by atoms with E-state index < -0.39 is 34.3 Å². The van der Waals surface area contributed by atoms with E-state index in [1.54, 1.807) is 0 Å². The SMILES string of the molecule is CCCC#N.O=C=O.O=c1[nH]c2cc(F)ccc2c(=O)o1.[C-]#[N+]c1c(O)c2ccc(F)cc2[nH]c1=O. The van der Waals surface area contributed by atoms with Crippen LogP contribution in [0, 0.1) is 29.5 Å². The summed E-state index contributed by atoms with van der Waals surface area (Å²) in [5.74, 6) is -2.34. The molecule has 0 saturated carbocycles. The minimum Gasteiger partial charge on any atom is -0.518 e. The molecule has 3 N–H and O–H groups in total. The van der Waals surface area contributed by atoms with E-state index in [0.29, 0.717) is 6.42 Å². The Morgan fingerprint density at radius 2 is 1.56 bits per heavy atom. The van der Waals surface area contributed by atoms with Crippen molar-refractivity contribution in [3.8, 4) is 11.8 Å². The van der Waals surface area contributed by atoms with Gasteiger partial charge in [0.05, 0.1) is 29.1 Å². The molecule has 0 unspecified atom stereocenters. The van der Waals surface area contributed by atoms with Crippen molar-refractivity contribution in [2.24, 2.45) is 0 Å². The first-order chi connectivity index (χ1) is 17.1. The highest BCUT2D eigenvalue weighted by atomic mass is 19.1. The number of aromatic hydroxyl groups is 1. The normalized spacial score (nSPS) is 9.14. The number of aromatic nitrogens is 2. The lowest BCUT2D eigenvalue weighted by atomic mass is 10.2. The Bertz CT molecular complexity index is 1650. The van der Waals surface area contributed by atoms with Gasteiger partial charge in [-0.2, -0.15) is 14.9 Å². The number of fused-ring (bicyclic) bond motifs is 2. The van der Waals surface area contributed by atoms with Gasteiger partial charge in [0.2, 0.25) is 0 Å². The van der Waals surface area contributed by atoms with Crippen LogP contribution >= 0.6 is 0 Å². The summed E-state index contributed by atoms with van der Waals surface area (Å²) in [6, 6.07) is 9.00. The fourth-order valence-electron chi connectivity index (χ4n) is 2.53. The summed E-state index contributed by atoms with van der Waals surface area (Å²) in [4.78, 5) is 56.6. The molecule has 0 aliphatic carbocycles. The van der Waals surface area contributed by atoms with E-state index in [4.69, 9.17) is 21.4 Å². The van der Waals surface area contributed by atoms with Crippen molar-refractivity contribution in [3.63, 3.8) is 0 Å². The first-order valence-electron chi connectivity index (χ1n) is 9.74. The van der Waals surface area contributed by atoms with Crippen LogP contribution in [0.15, 0.2) is 55.2 Å². The fraction of sp³-hybridized carbons (Fsp3) is 0.130. The molecule has 0 spiro atoms. The van der Waals surface area contributed by atoms with E-state index in [-0.39, 0.29) is 33.6 Å². The second-order valence-corrected chi connectivity index (χ2v) is 6.44. The molecule has 13 heteroatoms. The van der Waals surface area contributed by atoms with Crippen LogP contribution in [-0.4, -0.2) is 21.2 Å². The van der Waals surface area contributed by atoms with Gasteiger partial charge in [0, 0.05) is 11.8 Å². The number of carbonyl (C=O) groups excluding carboxylic acids is 2. The molecule has 2 aromatic carbocycles. The summed E-state index contributed by atoms with van der Waals surface area (Å²) in [7, 11) is 0. The van der Waals surface area contributed by atoms with Crippen molar-refractivity contribution in [1.82, 2.24) is 9.97 Å². The zero-order valence-electron chi connectivity index (χ0n) is 18.4. The third-order valence-corrected chi connectivity index (χ3v) is 4.02. The van der Waals surface area contributed by atoms with Crippen LogP contribution in [-0.2, 0) is 9.59 Å². The van der Waals surface area contributed by atoms with Gasteiger partial charge >= 0.3 is 17.5 Å². The molecular formula is C23H16F2N4O7. The monoisotopic (exact) mass is 498 g/mol. The molecule has 36 heavy (non-hydrogen) atoms. The van der Waals surface area contributed by atoms with Gasteiger partial charge < -0.3 is 14.5 Å². The van der Waals surface area contributed by atoms with E-state index in [0.717, 1.165) is 30.7 Å². The van der Waals surface area contributed by atoms with E-state index >= 15 is 0 Å². The maximum atomic E-state index is 12.8. The van der Waals surface area contributed by atoms with Crippen molar-refractivity contribution < 1.29 is 27.9 Å². The number of hydrogen-bond acceptors (Lipinski definition) is 8. The molecule has 0 aliphatic heterocycles. The Morgan fingerprint density at radius 3 is 2.03 bits per heavy atom. The number of nitriles is 1. The standard InChI is InChI=1S/C10H5FN2O2.C8H4FNO3.C4H7N.CO2/c1-12-8-9(14)6-3-2-5(11)4-7(6)13-10(8)15;9-4-1-2-5-6(3-4)10-8(12)13-7(5)11;1-2-3-4-5;2-1-3/h2-4H,(H2,13,14,15);1-3H,(H,10,12);2-3H2,1H3;. The van der Waals surface area contributed by atoms with Crippen LogP contribution in [0.3, 0.4) is 0 Å². The van der Waals surface area contributed by atoms with E-state index in [1.165, 1.54) is 12.1 Å². The lowest BCUT2D eigenvalue weighted by Gasteiger charge is -2.02. The van der Waals surface area contributed by atoms with Crippen molar-refractivity contribution in [3.05, 3.63) is 90.8 Å². The maximum absolute atomic E-state index is 12.8. The van der Waals surface area contributed by atoms with E-state index in [1.807, 2.05) is 13.0 Å². The van der Waals surface area contributed by atoms with E-state index in [9.17, 15) is 28.3 Å². The Morgan fingerprint density at radius 1 is 1.03 bits per heavy atom. The molecule has 2 aromatic heterocycles. The number of pyridine rings is 1. The second-order valence-electron chi connectivity index (χ2n) is 6.44. The Balaban J connectivity index is 0.000000281. The molecule has 4 rings (SSSR count). The number of hydrogen-bond donors (Lipinski definition) is 3. The zero-order valence-corrected chi connectivity index (χ0v) is 18.4. The summed E-state index contributed by atoms with van der Waals surface area (Å²) in [5.41, 5.74) is -1.56. The molecule has 2 heterocycles. The van der Waals surface area contributed by atoms with Gasteiger partial charge in [-0.3, -0.25) is 9.78 Å². The Kier molecular flexibility index (Phi) is 11.1. The van der Waals surface area contributed by atoms with Crippen LogP contribution in [0.5, 0.6) is 5.75 Å². The topological polar surface area (TPSA) is 178 Å². The summed E-state index contributed by atoms with van der Waals surface area (Å²) >= 11 is 0. The van der Waals surface area contributed by atoms with Gasteiger partial charge in [-0.15, -0.1) is 0 Å². The maximum Gasteiger partial charge on any atom is 0.419 e. The zero-order chi connectivity index (χ0) is 27.3. The number of rotatable bonds is 1. The number of H-pyrrole nitrogens is 2. The second kappa shape index (κ2) is 14.0. The van der Waals surface area contributed by atoms with Gasteiger partial charge in [-0.05, 0) is 42.8 Å². The highest BCUT2D eigenvalue weighted by Gasteiger charge is 2.11. The molecule has 0 amide bonds. The highest BCUT2D eigenvalue weighted by molar-refractivity contribution is 5.89. The molecule has 184 valence electrons. The minimum absolute atomic E-state index is 0.140. The predicted molar refractivity (Wildman–Crippen MR) is 121 cm³/mol. The lowest BCUT2D eigenvalue weighted by molar-refractivity contribution is -0.191. The van der Waals surface area contributed by atoms with Crippen molar-refractivity contribution in [2.75, 3.05) is 0 Å². The number of halogens is 2. The average Bonchev–Trinajstić information content (AvgIpc) is 2.80. The van der Waals surface area contributed by atoms with Gasteiger partial charge in [0.1, 0.15) is 17.4 Å². The molecular weight excluding hydrogens is 482 g/mol. The van der Waals surface area contributed by atoms with Gasteiger partial charge in [0.15, 0.2) is 0 Å². The summed E-state index contributed by atoms with van der Waals surface area (Å²) in [5, 5.41) is 17.8. The molecule has 0 fully saturated rings. The lowest BCUT2D eigenvalue weighted by Crippen LogP contribution is -2.14. The van der Waals surface area contributed by atoms with Crippen LogP contribution in [0.25, 0.3) is 26.7 Å². The van der Waals surface area contributed by atoms with Crippen molar-refractivity contribution in [2.45, 2.75) is 19.8 Å². The largest absolute Gasteiger partial charge is 0.518 e. The van der Waals surface area contributed by atoms with Gasteiger partial charge in [-0.1, -0.05) is 6.92 Å².